The number of nitrogens with two attached hydrogens (primary N) is 1. The van der Waals surface area contributed by atoms with Gasteiger partial charge in [0, 0.05) is 5.69 Å². The monoisotopic (exact) mass is 263 g/mol. The van der Waals surface area contributed by atoms with Crippen LogP contribution < -0.4 is 10.5 Å². The number of hydrogen-bond acceptors (Lipinski definition) is 2. The van der Waals surface area contributed by atoms with Gasteiger partial charge in [0.25, 0.3) is 0 Å². The van der Waals surface area contributed by atoms with Crippen LogP contribution in [0.15, 0.2) is 42.5 Å². The molecule has 2 aromatic rings. The number of nitrogen functional groups attached to an aromatic ring is 1. The van der Waals surface area contributed by atoms with Gasteiger partial charge in [-0.2, -0.15) is 0 Å². The summed E-state index contributed by atoms with van der Waals surface area (Å²) in [5.74, 6) is 0.929. The topological polar surface area (TPSA) is 35.2 Å². The largest absolute Gasteiger partial charge is 0.489 e. The summed E-state index contributed by atoms with van der Waals surface area (Å²) in [5.41, 5.74) is 9.99. The van der Waals surface area contributed by atoms with Crippen molar-refractivity contribution >= 4 is 18.1 Å². The molecule has 0 atom stereocenters. The van der Waals surface area contributed by atoms with E-state index in [0.29, 0.717) is 6.61 Å². The lowest BCUT2D eigenvalue weighted by molar-refractivity contribution is 0.304. The molecule has 0 spiro atoms. The Bertz CT molecular complexity index is 526. The Morgan fingerprint density at radius 3 is 2.50 bits per heavy atom. The first-order valence-electron chi connectivity index (χ1n) is 5.69. The highest BCUT2D eigenvalue weighted by Gasteiger charge is 2.00. The van der Waals surface area contributed by atoms with Crippen LogP contribution in [0.25, 0.3) is 0 Å². The predicted octanol–water partition coefficient (Wildman–Crippen LogP) is 3.89. The molecule has 0 aliphatic carbocycles. The summed E-state index contributed by atoms with van der Waals surface area (Å²) < 4.78 is 5.78. The molecule has 96 valence electrons. The average molecular weight is 264 g/mol. The minimum absolute atomic E-state index is 0. The van der Waals surface area contributed by atoms with Crippen LogP contribution in [0.1, 0.15) is 16.7 Å². The molecule has 2 aromatic carbocycles. The van der Waals surface area contributed by atoms with Gasteiger partial charge in [0.1, 0.15) is 12.4 Å². The molecule has 0 aliphatic rings. The number of aryl methyl sites for hydroxylation is 2. The summed E-state index contributed by atoms with van der Waals surface area (Å²) >= 11 is 0. The molecular weight excluding hydrogens is 246 g/mol. The van der Waals surface area contributed by atoms with E-state index in [1.54, 1.807) is 0 Å². The summed E-state index contributed by atoms with van der Waals surface area (Å²) in [6.45, 7) is 4.69. The molecule has 0 saturated carbocycles. The minimum Gasteiger partial charge on any atom is -0.489 e. The Kier molecular flexibility index (Phi) is 5.05. The van der Waals surface area contributed by atoms with Crippen molar-refractivity contribution in [2.24, 2.45) is 0 Å². The Labute approximate surface area is 114 Å². The van der Waals surface area contributed by atoms with Crippen molar-refractivity contribution in [1.82, 2.24) is 0 Å². The molecule has 2 N–H and O–H groups in total. The lowest BCUT2D eigenvalue weighted by atomic mass is 10.1. The highest BCUT2D eigenvalue weighted by Crippen LogP contribution is 2.20. The first-order chi connectivity index (χ1) is 8.15. The summed E-state index contributed by atoms with van der Waals surface area (Å²) in [7, 11) is 0. The van der Waals surface area contributed by atoms with E-state index in [1.807, 2.05) is 30.3 Å². The predicted molar refractivity (Wildman–Crippen MR) is 78.4 cm³/mol. The molecule has 0 aromatic heterocycles. The van der Waals surface area contributed by atoms with E-state index < -0.39 is 0 Å². The molecule has 0 bridgehead atoms. The molecule has 0 aliphatic heterocycles. The molecule has 2 rings (SSSR count). The number of hydrogen-bond donors (Lipinski definition) is 1. The van der Waals surface area contributed by atoms with Gasteiger partial charge < -0.3 is 10.5 Å². The highest BCUT2D eigenvalue weighted by atomic mass is 35.5. The van der Waals surface area contributed by atoms with Gasteiger partial charge in [-0.3, -0.25) is 0 Å². The summed E-state index contributed by atoms with van der Waals surface area (Å²) in [6.07, 6.45) is 0. The van der Waals surface area contributed by atoms with Crippen molar-refractivity contribution in [3.8, 4) is 5.75 Å². The summed E-state index contributed by atoms with van der Waals surface area (Å²) in [5, 5.41) is 0. The maximum absolute atomic E-state index is 5.78. The summed E-state index contributed by atoms with van der Waals surface area (Å²) in [4.78, 5) is 0. The maximum atomic E-state index is 5.78. The maximum Gasteiger partial charge on any atom is 0.122 e. The van der Waals surface area contributed by atoms with Crippen molar-refractivity contribution in [2.45, 2.75) is 20.5 Å². The molecule has 0 unspecified atom stereocenters. The van der Waals surface area contributed by atoms with E-state index in [0.717, 1.165) is 22.6 Å². The number of ether oxygens (including phenoxy) is 1. The van der Waals surface area contributed by atoms with E-state index in [1.165, 1.54) is 5.56 Å². The molecule has 0 saturated heterocycles. The number of rotatable bonds is 3. The van der Waals surface area contributed by atoms with Gasteiger partial charge in [0.15, 0.2) is 0 Å². The van der Waals surface area contributed by atoms with Gasteiger partial charge in [-0.15, -0.1) is 12.4 Å². The van der Waals surface area contributed by atoms with Crippen LogP contribution in [0, 0.1) is 13.8 Å². The van der Waals surface area contributed by atoms with Gasteiger partial charge in [0.05, 0.1) is 0 Å². The normalized spacial score (nSPS) is 9.67. The number of anilines is 1. The van der Waals surface area contributed by atoms with Gasteiger partial charge in [-0.25, -0.2) is 0 Å². The van der Waals surface area contributed by atoms with Crippen molar-refractivity contribution in [1.29, 1.82) is 0 Å². The fourth-order valence-corrected chi connectivity index (χ4v) is 1.81. The zero-order chi connectivity index (χ0) is 12.3. The lowest BCUT2D eigenvalue weighted by Crippen LogP contribution is -1.98. The molecule has 2 nitrogen and oxygen atoms in total. The fourth-order valence-electron chi connectivity index (χ4n) is 1.81. The first-order valence-corrected chi connectivity index (χ1v) is 5.69. The fraction of sp³-hybridized carbons (Fsp3) is 0.200. The van der Waals surface area contributed by atoms with Gasteiger partial charge in [-0.05, 0) is 43.2 Å². The van der Waals surface area contributed by atoms with Gasteiger partial charge in [-0.1, -0.05) is 29.8 Å². The molecule has 18 heavy (non-hydrogen) atoms. The van der Waals surface area contributed by atoms with Crippen LogP contribution in [0.2, 0.25) is 0 Å². The van der Waals surface area contributed by atoms with Crippen LogP contribution in [0.4, 0.5) is 5.69 Å². The Hall–Kier alpha value is -1.67. The van der Waals surface area contributed by atoms with Crippen molar-refractivity contribution in [3.05, 3.63) is 59.2 Å². The van der Waals surface area contributed by atoms with Crippen LogP contribution in [0.3, 0.4) is 0 Å². The van der Waals surface area contributed by atoms with E-state index in [4.69, 9.17) is 10.5 Å². The van der Waals surface area contributed by atoms with Gasteiger partial charge >= 0.3 is 0 Å². The van der Waals surface area contributed by atoms with E-state index >= 15 is 0 Å². The third-order valence-corrected chi connectivity index (χ3v) is 2.68. The van der Waals surface area contributed by atoms with Crippen molar-refractivity contribution in [2.75, 3.05) is 5.73 Å². The number of halogens is 1. The molecular formula is C15H18ClNO. The Morgan fingerprint density at radius 1 is 1.06 bits per heavy atom. The minimum atomic E-state index is 0. The number of benzene rings is 2. The van der Waals surface area contributed by atoms with Crippen LogP contribution in [0.5, 0.6) is 5.75 Å². The zero-order valence-corrected chi connectivity index (χ0v) is 11.5. The second kappa shape index (κ2) is 6.31. The van der Waals surface area contributed by atoms with Crippen LogP contribution in [-0.2, 0) is 6.61 Å². The summed E-state index contributed by atoms with van der Waals surface area (Å²) in [6, 6.07) is 14.0. The second-order valence-electron chi connectivity index (χ2n) is 4.30. The molecule has 0 fully saturated rings. The standard InChI is InChI=1S/C15H17NO.ClH/c1-11-6-7-15(12(2)8-11)17-10-13-4-3-5-14(16)9-13;/h3-9H,10,16H2,1-2H3;1H. The first kappa shape index (κ1) is 14.4. The van der Waals surface area contributed by atoms with Crippen LogP contribution in [-0.4, -0.2) is 0 Å². The third kappa shape index (κ3) is 3.67. The van der Waals surface area contributed by atoms with Gasteiger partial charge in [0.2, 0.25) is 0 Å². The van der Waals surface area contributed by atoms with Crippen molar-refractivity contribution < 1.29 is 4.74 Å². The molecule has 0 amide bonds. The Balaban J connectivity index is 0.00000162. The zero-order valence-electron chi connectivity index (χ0n) is 10.6. The van der Waals surface area contributed by atoms with E-state index in [9.17, 15) is 0 Å². The second-order valence-corrected chi connectivity index (χ2v) is 4.30. The molecule has 3 heteroatoms. The SMILES string of the molecule is Cc1ccc(OCc2cccc(N)c2)c(C)c1.Cl. The average Bonchev–Trinajstić information content (AvgIpc) is 2.28. The highest BCUT2D eigenvalue weighted by molar-refractivity contribution is 5.85. The van der Waals surface area contributed by atoms with Crippen molar-refractivity contribution in [3.63, 3.8) is 0 Å². The van der Waals surface area contributed by atoms with Crippen LogP contribution >= 0.6 is 12.4 Å². The molecule has 0 radical (unpaired) electrons. The smallest absolute Gasteiger partial charge is 0.122 e. The molecule has 0 heterocycles. The van der Waals surface area contributed by atoms with E-state index in [-0.39, 0.29) is 12.4 Å². The quantitative estimate of drug-likeness (QED) is 0.853. The lowest BCUT2D eigenvalue weighted by Gasteiger charge is -2.10. The third-order valence-electron chi connectivity index (χ3n) is 2.68. The Morgan fingerprint density at radius 2 is 1.83 bits per heavy atom. The van der Waals surface area contributed by atoms with E-state index in [2.05, 4.69) is 26.0 Å².